The van der Waals surface area contributed by atoms with E-state index in [0.29, 0.717) is 11.8 Å². The first kappa shape index (κ1) is 14.1. The van der Waals surface area contributed by atoms with Gasteiger partial charge >= 0.3 is 0 Å². The molecule has 2 rings (SSSR count). The molecule has 2 N–H and O–H groups in total. The van der Waals surface area contributed by atoms with E-state index in [9.17, 15) is 4.79 Å². The van der Waals surface area contributed by atoms with Gasteiger partial charge in [-0.05, 0) is 48.9 Å². The van der Waals surface area contributed by atoms with Gasteiger partial charge < -0.3 is 10.6 Å². The van der Waals surface area contributed by atoms with E-state index in [1.165, 1.54) is 18.4 Å². The first-order valence-electron chi connectivity index (χ1n) is 7.25. The van der Waals surface area contributed by atoms with Gasteiger partial charge in [0.25, 0.3) is 5.91 Å². The summed E-state index contributed by atoms with van der Waals surface area (Å²) in [6.45, 7) is 7.11. The number of carbonyl (C=O) groups excluding carboxylic acids is 1. The highest BCUT2D eigenvalue weighted by atomic mass is 16.1. The van der Waals surface area contributed by atoms with E-state index in [1.807, 2.05) is 12.1 Å². The maximum Gasteiger partial charge on any atom is 0.251 e. The molecule has 1 atom stereocenters. The largest absolute Gasteiger partial charge is 0.352 e. The van der Waals surface area contributed by atoms with Gasteiger partial charge in [-0.3, -0.25) is 4.79 Å². The third-order valence-corrected chi connectivity index (χ3v) is 3.61. The van der Waals surface area contributed by atoms with Crippen molar-refractivity contribution in [1.29, 1.82) is 0 Å². The van der Waals surface area contributed by atoms with Crippen LogP contribution in [0.15, 0.2) is 24.3 Å². The number of rotatable bonds is 4. The zero-order valence-electron chi connectivity index (χ0n) is 11.9. The summed E-state index contributed by atoms with van der Waals surface area (Å²) in [5.74, 6) is 1.11. The van der Waals surface area contributed by atoms with Gasteiger partial charge in [0, 0.05) is 18.7 Å². The average molecular weight is 260 g/mol. The molecule has 1 unspecified atom stereocenters. The van der Waals surface area contributed by atoms with Crippen molar-refractivity contribution in [2.24, 2.45) is 5.92 Å². The Bertz CT molecular complexity index is 405. The van der Waals surface area contributed by atoms with Gasteiger partial charge in [-0.2, -0.15) is 0 Å². The van der Waals surface area contributed by atoms with E-state index in [-0.39, 0.29) is 5.91 Å². The Morgan fingerprint density at radius 3 is 2.68 bits per heavy atom. The van der Waals surface area contributed by atoms with Gasteiger partial charge in [-0.25, -0.2) is 0 Å². The molecule has 1 amide bonds. The summed E-state index contributed by atoms with van der Waals surface area (Å²) >= 11 is 0. The standard InChI is InChI=1S/C16H24N2O/c1-12(2)10-18-16(19)14-7-5-13(6-8-14)15-4-3-9-17-11-15/h5-8,12,15,17H,3-4,9-11H2,1-2H3,(H,18,19). The summed E-state index contributed by atoms with van der Waals surface area (Å²) in [7, 11) is 0. The molecule has 0 spiro atoms. The number of nitrogens with one attached hydrogen (secondary N) is 2. The molecule has 1 heterocycles. The van der Waals surface area contributed by atoms with Gasteiger partial charge in [-0.1, -0.05) is 26.0 Å². The summed E-state index contributed by atoms with van der Waals surface area (Å²) in [4.78, 5) is 11.9. The Kier molecular flexibility index (Phi) is 4.97. The van der Waals surface area contributed by atoms with Crippen LogP contribution in [0.25, 0.3) is 0 Å². The minimum Gasteiger partial charge on any atom is -0.352 e. The molecule has 19 heavy (non-hydrogen) atoms. The van der Waals surface area contributed by atoms with Crippen molar-refractivity contribution in [3.8, 4) is 0 Å². The van der Waals surface area contributed by atoms with Crippen molar-refractivity contribution in [1.82, 2.24) is 10.6 Å². The van der Waals surface area contributed by atoms with E-state index in [2.05, 4.69) is 36.6 Å². The Morgan fingerprint density at radius 1 is 1.37 bits per heavy atom. The van der Waals surface area contributed by atoms with E-state index >= 15 is 0 Å². The highest BCUT2D eigenvalue weighted by molar-refractivity contribution is 5.94. The Hall–Kier alpha value is -1.35. The van der Waals surface area contributed by atoms with Crippen LogP contribution in [0.2, 0.25) is 0 Å². The van der Waals surface area contributed by atoms with E-state index in [1.54, 1.807) is 0 Å². The van der Waals surface area contributed by atoms with Crippen LogP contribution in [-0.2, 0) is 0 Å². The fraction of sp³-hybridized carbons (Fsp3) is 0.562. The quantitative estimate of drug-likeness (QED) is 0.873. The Labute approximate surface area is 115 Å². The number of carbonyl (C=O) groups is 1. The highest BCUT2D eigenvalue weighted by Gasteiger charge is 2.15. The lowest BCUT2D eigenvalue weighted by molar-refractivity contribution is 0.0949. The zero-order valence-corrected chi connectivity index (χ0v) is 11.9. The second-order valence-corrected chi connectivity index (χ2v) is 5.77. The summed E-state index contributed by atoms with van der Waals surface area (Å²) in [5.41, 5.74) is 2.10. The first-order chi connectivity index (χ1) is 9.16. The van der Waals surface area contributed by atoms with Gasteiger partial charge in [0.05, 0.1) is 0 Å². The summed E-state index contributed by atoms with van der Waals surface area (Å²) in [5, 5.41) is 6.37. The van der Waals surface area contributed by atoms with E-state index in [0.717, 1.165) is 25.2 Å². The molecule has 3 nitrogen and oxygen atoms in total. The molecule has 1 aromatic carbocycles. The second kappa shape index (κ2) is 6.71. The minimum atomic E-state index is 0.0296. The van der Waals surface area contributed by atoms with Crippen molar-refractivity contribution in [2.45, 2.75) is 32.6 Å². The number of hydrogen-bond donors (Lipinski definition) is 2. The van der Waals surface area contributed by atoms with Crippen molar-refractivity contribution in [3.05, 3.63) is 35.4 Å². The van der Waals surface area contributed by atoms with Crippen LogP contribution in [0.3, 0.4) is 0 Å². The highest BCUT2D eigenvalue weighted by Crippen LogP contribution is 2.23. The van der Waals surface area contributed by atoms with E-state index in [4.69, 9.17) is 0 Å². The summed E-state index contributed by atoms with van der Waals surface area (Å²) < 4.78 is 0. The maximum absolute atomic E-state index is 11.9. The fourth-order valence-corrected chi connectivity index (χ4v) is 2.44. The Morgan fingerprint density at radius 2 is 2.11 bits per heavy atom. The minimum absolute atomic E-state index is 0.0296. The smallest absolute Gasteiger partial charge is 0.251 e. The van der Waals surface area contributed by atoms with Crippen molar-refractivity contribution in [2.75, 3.05) is 19.6 Å². The van der Waals surface area contributed by atoms with Gasteiger partial charge in [0.15, 0.2) is 0 Å². The number of hydrogen-bond acceptors (Lipinski definition) is 2. The molecule has 1 aliphatic heterocycles. The predicted molar refractivity (Wildman–Crippen MR) is 78.5 cm³/mol. The van der Waals surface area contributed by atoms with Crippen LogP contribution in [-0.4, -0.2) is 25.5 Å². The molecule has 1 saturated heterocycles. The van der Waals surface area contributed by atoms with Crippen LogP contribution in [0.5, 0.6) is 0 Å². The zero-order chi connectivity index (χ0) is 13.7. The molecule has 3 heteroatoms. The second-order valence-electron chi connectivity index (χ2n) is 5.77. The van der Waals surface area contributed by atoms with Gasteiger partial charge in [0.2, 0.25) is 0 Å². The molecule has 1 aliphatic rings. The SMILES string of the molecule is CC(C)CNC(=O)c1ccc(C2CCCNC2)cc1. The van der Waals surface area contributed by atoms with Crippen molar-refractivity contribution < 1.29 is 4.79 Å². The van der Waals surface area contributed by atoms with E-state index < -0.39 is 0 Å². The number of benzene rings is 1. The van der Waals surface area contributed by atoms with Crippen LogP contribution in [0, 0.1) is 5.92 Å². The van der Waals surface area contributed by atoms with Gasteiger partial charge in [0.1, 0.15) is 0 Å². The molecule has 104 valence electrons. The monoisotopic (exact) mass is 260 g/mol. The molecule has 0 aliphatic carbocycles. The molecule has 1 fully saturated rings. The first-order valence-corrected chi connectivity index (χ1v) is 7.25. The molecular weight excluding hydrogens is 236 g/mol. The average Bonchev–Trinajstić information content (AvgIpc) is 2.46. The molecular formula is C16H24N2O. The molecule has 1 aromatic rings. The van der Waals surface area contributed by atoms with Crippen LogP contribution in [0.1, 0.15) is 48.5 Å². The summed E-state index contributed by atoms with van der Waals surface area (Å²) in [6.07, 6.45) is 2.48. The van der Waals surface area contributed by atoms with Crippen molar-refractivity contribution in [3.63, 3.8) is 0 Å². The third-order valence-electron chi connectivity index (χ3n) is 3.61. The lowest BCUT2D eigenvalue weighted by atomic mass is 9.91. The summed E-state index contributed by atoms with van der Waals surface area (Å²) in [6, 6.07) is 8.09. The fourth-order valence-electron chi connectivity index (χ4n) is 2.44. The third kappa shape index (κ3) is 4.06. The van der Waals surface area contributed by atoms with Crippen molar-refractivity contribution >= 4 is 5.91 Å². The van der Waals surface area contributed by atoms with Crippen LogP contribution >= 0.6 is 0 Å². The topological polar surface area (TPSA) is 41.1 Å². The normalized spacial score (nSPS) is 19.4. The predicted octanol–water partition coefficient (Wildman–Crippen LogP) is 2.54. The Balaban J connectivity index is 1.95. The number of piperidine rings is 1. The lowest BCUT2D eigenvalue weighted by Crippen LogP contribution is -2.29. The molecule has 0 bridgehead atoms. The molecule has 0 saturated carbocycles. The van der Waals surface area contributed by atoms with Crippen LogP contribution < -0.4 is 10.6 Å². The number of amides is 1. The van der Waals surface area contributed by atoms with Crippen LogP contribution in [0.4, 0.5) is 0 Å². The molecule has 0 aromatic heterocycles. The lowest BCUT2D eigenvalue weighted by Gasteiger charge is -2.23. The van der Waals surface area contributed by atoms with Gasteiger partial charge in [-0.15, -0.1) is 0 Å². The molecule has 0 radical (unpaired) electrons. The maximum atomic E-state index is 11.9.